The zero-order valence-electron chi connectivity index (χ0n) is 18.1. The Morgan fingerprint density at radius 3 is 2.39 bits per heavy atom. The number of nitrogens with zero attached hydrogens (tertiary/aromatic N) is 1. The van der Waals surface area contributed by atoms with Crippen molar-refractivity contribution in [2.45, 2.75) is 57.5 Å². The van der Waals surface area contributed by atoms with Crippen molar-refractivity contribution >= 4 is 18.2 Å². The van der Waals surface area contributed by atoms with Crippen LogP contribution in [0.5, 0.6) is 0 Å². The Morgan fingerprint density at radius 2 is 1.84 bits per heavy atom. The van der Waals surface area contributed by atoms with Gasteiger partial charge in [0.25, 0.3) is 0 Å². The molecule has 1 atom stereocenters. The second kappa shape index (κ2) is 9.13. The Morgan fingerprint density at radius 1 is 1.19 bits per heavy atom. The number of hydrogen-bond acceptors (Lipinski definition) is 6. The predicted octanol–water partition coefficient (Wildman–Crippen LogP) is 2.78. The molecule has 0 spiro atoms. The first kappa shape index (κ1) is 22.9. The molecule has 1 aliphatic heterocycles. The van der Waals surface area contributed by atoms with Gasteiger partial charge < -0.3 is 29.5 Å². The third kappa shape index (κ3) is 6.33. The molecule has 2 fully saturated rings. The molecule has 2 N–H and O–H groups in total. The molecule has 1 aromatic rings. The highest BCUT2D eigenvalue weighted by Crippen LogP contribution is 2.36. The molecule has 1 unspecified atom stereocenters. The minimum Gasteiger partial charge on any atom is -0.480 e. The van der Waals surface area contributed by atoms with Gasteiger partial charge in [-0.1, -0.05) is 30.3 Å². The largest absolute Gasteiger partial charge is 0.480 e. The number of carbonyl (C=O) groups is 3. The van der Waals surface area contributed by atoms with Gasteiger partial charge in [-0.2, -0.15) is 0 Å². The van der Waals surface area contributed by atoms with Gasteiger partial charge in [0, 0.05) is 0 Å². The van der Waals surface area contributed by atoms with Gasteiger partial charge in [0.15, 0.2) is 6.04 Å². The smallest absolute Gasteiger partial charge is 0.410 e. The van der Waals surface area contributed by atoms with Crippen LogP contribution >= 0.6 is 0 Å². The molecule has 1 saturated carbocycles. The summed E-state index contributed by atoms with van der Waals surface area (Å²) in [5, 5.41) is 12.2. The number of aliphatic carboxylic acids is 1. The summed E-state index contributed by atoms with van der Waals surface area (Å²) in [4.78, 5) is 38.1. The zero-order valence-corrected chi connectivity index (χ0v) is 18.1. The van der Waals surface area contributed by atoms with Gasteiger partial charge in [-0.05, 0) is 45.1 Å². The van der Waals surface area contributed by atoms with Gasteiger partial charge in [0.1, 0.15) is 17.8 Å². The Labute approximate surface area is 181 Å². The van der Waals surface area contributed by atoms with Crippen molar-refractivity contribution in [2.24, 2.45) is 5.92 Å². The molecule has 1 saturated heterocycles. The highest BCUT2D eigenvalue weighted by atomic mass is 16.6. The molecule has 1 aromatic carbocycles. The summed E-state index contributed by atoms with van der Waals surface area (Å²) in [5.74, 6) is -0.872. The average molecular weight is 434 g/mol. The highest BCUT2D eigenvalue weighted by Gasteiger charge is 2.57. The molecule has 2 amide bonds. The molecule has 0 radical (unpaired) electrons. The molecule has 9 nitrogen and oxygen atoms in total. The first-order chi connectivity index (χ1) is 14.6. The Bertz CT molecular complexity index is 796. The first-order valence-corrected chi connectivity index (χ1v) is 10.4. The minimum atomic E-state index is -1.37. The molecule has 31 heavy (non-hydrogen) atoms. The highest BCUT2D eigenvalue weighted by molar-refractivity contribution is 5.82. The number of carbonyl (C=O) groups excluding carboxylic acids is 2. The summed E-state index contributed by atoms with van der Waals surface area (Å²) in [5.41, 5.74) is -1.13. The van der Waals surface area contributed by atoms with Crippen LogP contribution in [-0.4, -0.2) is 65.1 Å². The van der Waals surface area contributed by atoms with Crippen LogP contribution in [0.4, 0.5) is 9.59 Å². The number of rotatable bonds is 8. The number of hydrogen-bond donors (Lipinski definition) is 2. The van der Waals surface area contributed by atoms with E-state index in [0.717, 1.165) is 18.4 Å². The summed E-state index contributed by atoms with van der Waals surface area (Å²) in [7, 11) is 0. The van der Waals surface area contributed by atoms with Crippen molar-refractivity contribution in [2.75, 3.05) is 19.7 Å². The maximum absolute atomic E-state index is 12.3. The van der Waals surface area contributed by atoms with Crippen LogP contribution in [0.2, 0.25) is 0 Å². The number of benzene rings is 1. The van der Waals surface area contributed by atoms with Gasteiger partial charge in [0.05, 0.1) is 19.7 Å². The predicted molar refractivity (Wildman–Crippen MR) is 110 cm³/mol. The fraction of sp³-hybridized carbons (Fsp3) is 0.591. The van der Waals surface area contributed by atoms with E-state index in [4.69, 9.17) is 14.2 Å². The van der Waals surface area contributed by atoms with Crippen LogP contribution in [0.25, 0.3) is 0 Å². The van der Waals surface area contributed by atoms with Crippen LogP contribution < -0.4 is 5.32 Å². The monoisotopic (exact) mass is 434 g/mol. The van der Waals surface area contributed by atoms with E-state index in [9.17, 15) is 19.5 Å². The fourth-order valence-electron chi connectivity index (χ4n) is 3.28. The zero-order chi connectivity index (χ0) is 22.6. The Hall–Kier alpha value is -2.81. The van der Waals surface area contributed by atoms with Gasteiger partial charge in [-0.15, -0.1) is 0 Å². The number of alkyl carbamates (subject to hydrolysis) is 1. The lowest BCUT2D eigenvalue weighted by molar-refractivity contribution is -0.178. The summed E-state index contributed by atoms with van der Waals surface area (Å²) in [6, 6.07) is 7.71. The normalized spacial score (nSPS) is 18.5. The number of carboxylic acid groups (broad SMARTS) is 1. The molecule has 0 bridgehead atoms. The lowest BCUT2D eigenvalue weighted by Gasteiger charge is -2.51. The van der Waals surface area contributed by atoms with E-state index in [-0.39, 0.29) is 19.7 Å². The third-order valence-electron chi connectivity index (χ3n) is 5.12. The molecule has 170 valence electrons. The van der Waals surface area contributed by atoms with Crippen molar-refractivity contribution in [1.29, 1.82) is 0 Å². The van der Waals surface area contributed by atoms with E-state index in [1.54, 1.807) is 32.9 Å². The SMILES string of the molecule is CC(C)(C)OC(=O)N1CC(OCC2CC2)(C(NC(=O)OCc2ccccc2)C(=O)O)C1. The van der Waals surface area contributed by atoms with Crippen LogP contribution in [0.3, 0.4) is 0 Å². The minimum absolute atomic E-state index is 0.00453. The summed E-state index contributed by atoms with van der Waals surface area (Å²) >= 11 is 0. The fourth-order valence-corrected chi connectivity index (χ4v) is 3.28. The van der Waals surface area contributed by atoms with Crippen molar-refractivity contribution in [3.05, 3.63) is 35.9 Å². The van der Waals surface area contributed by atoms with Crippen molar-refractivity contribution in [3.63, 3.8) is 0 Å². The molecule has 9 heteroatoms. The number of nitrogens with one attached hydrogen (secondary N) is 1. The van der Waals surface area contributed by atoms with Crippen LogP contribution in [0, 0.1) is 5.92 Å². The summed E-state index contributed by atoms with van der Waals surface area (Å²) < 4.78 is 16.5. The molecule has 0 aromatic heterocycles. The van der Waals surface area contributed by atoms with E-state index < -0.39 is 35.4 Å². The maximum Gasteiger partial charge on any atom is 0.410 e. The molecular formula is C22H30N2O7. The first-order valence-electron chi connectivity index (χ1n) is 10.4. The van der Waals surface area contributed by atoms with E-state index in [2.05, 4.69) is 5.32 Å². The van der Waals surface area contributed by atoms with Gasteiger partial charge in [-0.3, -0.25) is 0 Å². The second-order valence-electron chi connectivity index (χ2n) is 9.13. The van der Waals surface area contributed by atoms with Gasteiger partial charge in [0.2, 0.25) is 0 Å². The van der Waals surface area contributed by atoms with Gasteiger partial charge >= 0.3 is 18.2 Å². The summed E-state index contributed by atoms with van der Waals surface area (Å²) in [6.07, 6.45) is 0.641. The Balaban J connectivity index is 1.64. The molecule has 1 heterocycles. The average Bonchev–Trinajstić information content (AvgIpc) is 3.48. The second-order valence-corrected chi connectivity index (χ2v) is 9.13. The molecule has 1 aliphatic carbocycles. The van der Waals surface area contributed by atoms with Crippen molar-refractivity contribution in [3.8, 4) is 0 Å². The maximum atomic E-state index is 12.3. The number of ether oxygens (including phenoxy) is 3. The number of carboxylic acids is 1. The lowest BCUT2D eigenvalue weighted by Crippen LogP contribution is -2.75. The van der Waals surface area contributed by atoms with E-state index in [1.807, 2.05) is 18.2 Å². The molecular weight excluding hydrogens is 404 g/mol. The quantitative estimate of drug-likeness (QED) is 0.647. The van der Waals surface area contributed by atoms with E-state index in [0.29, 0.717) is 12.5 Å². The van der Waals surface area contributed by atoms with E-state index >= 15 is 0 Å². The number of likely N-dealkylation sites (tertiary alicyclic amines) is 1. The standard InChI is InChI=1S/C22H30N2O7/c1-21(2,3)31-20(28)24-13-22(14-24,30-12-16-9-10-16)17(18(25)26)23-19(27)29-11-15-7-5-4-6-8-15/h4-8,16-17H,9-14H2,1-3H3,(H,23,27)(H,25,26). The topological polar surface area (TPSA) is 114 Å². The van der Waals surface area contributed by atoms with Crippen molar-refractivity contribution in [1.82, 2.24) is 10.2 Å². The number of amides is 2. The molecule has 2 aliphatic rings. The van der Waals surface area contributed by atoms with E-state index in [1.165, 1.54) is 4.90 Å². The summed E-state index contributed by atoms with van der Waals surface area (Å²) in [6.45, 7) is 5.67. The van der Waals surface area contributed by atoms with Crippen LogP contribution in [0.15, 0.2) is 30.3 Å². The lowest BCUT2D eigenvalue weighted by atomic mass is 9.85. The van der Waals surface area contributed by atoms with Gasteiger partial charge in [-0.25, -0.2) is 14.4 Å². The Kier molecular flexibility index (Phi) is 6.74. The van der Waals surface area contributed by atoms with Crippen LogP contribution in [0.1, 0.15) is 39.2 Å². The third-order valence-corrected chi connectivity index (χ3v) is 5.12. The van der Waals surface area contributed by atoms with Crippen LogP contribution in [-0.2, 0) is 25.6 Å². The van der Waals surface area contributed by atoms with Crippen molar-refractivity contribution < 1.29 is 33.7 Å². The molecule has 3 rings (SSSR count).